The molecule has 7 nitrogen and oxygen atoms in total. The average Bonchev–Trinajstić information content (AvgIpc) is 2.48. The summed E-state index contributed by atoms with van der Waals surface area (Å²) in [6.07, 6.45) is 3.40. The summed E-state index contributed by atoms with van der Waals surface area (Å²) in [6.45, 7) is 0.976. The first-order valence-corrected chi connectivity index (χ1v) is 6.45. The second-order valence-electron chi connectivity index (χ2n) is 4.41. The number of anilines is 1. The molecule has 0 saturated carbocycles. The Morgan fingerprint density at radius 1 is 1.52 bits per heavy atom. The standard InChI is InChI=1S/C14H17N3O4/c1-20-13-6-2-5-12(8-13)16-14(18)21-17-7-3-4-11(10-17)9-15-19/h2,4-6,8-9,19H,3,7,10H2,1H3,(H,16,18). The molecule has 21 heavy (non-hydrogen) atoms. The third kappa shape index (κ3) is 4.50. The van der Waals surface area contributed by atoms with Crippen molar-refractivity contribution in [3.05, 3.63) is 35.9 Å². The van der Waals surface area contributed by atoms with Crippen LogP contribution in [0.5, 0.6) is 5.75 Å². The van der Waals surface area contributed by atoms with Gasteiger partial charge in [-0.05, 0) is 24.1 Å². The highest BCUT2D eigenvalue weighted by Gasteiger charge is 2.16. The van der Waals surface area contributed by atoms with E-state index in [1.807, 2.05) is 6.08 Å². The van der Waals surface area contributed by atoms with Crippen molar-refractivity contribution in [2.45, 2.75) is 6.42 Å². The van der Waals surface area contributed by atoms with Gasteiger partial charge in [0.2, 0.25) is 0 Å². The molecule has 0 spiro atoms. The molecule has 1 aromatic rings. The molecular formula is C14H17N3O4. The van der Waals surface area contributed by atoms with Crippen LogP contribution in [-0.4, -0.2) is 42.8 Å². The van der Waals surface area contributed by atoms with E-state index in [9.17, 15) is 4.79 Å². The predicted molar refractivity (Wildman–Crippen MR) is 77.6 cm³/mol. The van der Waals surface area contributed by atoms with Gasteiger partial charge in [0.15, 0.2) is 0 Å². The van der Waals surface area contributed by atoms with Crippen LogP contribution < -0.4 is 10.1 Å². The third-order valence-corrected chi connectivity index (χ3v) is 2.90. The Morgan fingerprint density at radius 3 is 3.14 bits per heavy atom. The number of rotatable bonds is 4. The summed E-state index contributed by atoms with van der Waals surface area (Å²) in [5.74, 6) is 0.648. The molecule has 0 fully saturated rings. The van der Waals surface area contributed by atoms with Gasteiger partial charge in [-0.3, -0.25) is 5.32 Å². The van der Waals surface area contributed by atoms with E-state index in [1.165, 1.54) is 11.3 Å². The lowest BCUT2D eigenvalue weighted by molar-refractivity contribution is -0.0872. The maximum Gasteiger partial charge on any atom is 0.430 e. The molecule has 7 heteroatoms. The quantitative estimate of drug-likeness (QED) is 0.505. The smallest absolute Gasteiger partial charge is 0.430 e. The summed E-state index contributed by atoms with van der Waals surface area (Å²) < 4.78 is 5.08. The van der Waals surface area contributed by atoms with E-state index < -0.39 is 6.09 Å². The zero-order valence-electron chi connectivity index (χ0n) is 11.7. The summed E-state index contributed by atoms with van der Waals surface area (Å²) in [5, 5.41) is 15.6. The number of carbonyl (C=O) groups is 1. The lowest BCUT2D eigenvalue weighted by atomic mass is 10.2. The largest absolute Gasteiger partial charge is 0.497 e. The number of benzene rings is 1. The van der Waals surface area contributed by atoms with Crippen LogP contribution in [0.4, 0.5) is 10.5 Å². The van der Waals surface area contributed by atoms with Crippen LogP contribution in [0.15, 0.2) is 41.1 Å². The highest BCUT2D eigenvalue weighted by molar-refractivity contribution is 5.84. The van der Waals surface area contributed by atoms with Crippen molar-refractivity contribution in [3.8, 4) is 5.75 Å². The van der Waals surface area contributed by atoms with Crippen molar-refractivity contribution in [1.29, 1.82) is 0 Å². The predicted octanol–water partition coefficient (Wildman–Crippen LogP) is 2.25. The molecule has 2 N–H and O–H groups in total. The number of hydroxylamine groups is 2. The normalized spacial score (nSPS) is 15.6. The fraction of sp³-hybridized carbons (Fsp3) is 0.286. The van der Waals surface area contributed by atoms with Crippen LogP contribution in [0.3, 0.4) is 0 Å². The Kier molecular flexibility index (Phi) is 5.16. The number of hydrogen-bond donors (Lipinski definition) is 2. The molecular weight excluding hydrogens is 274 g/mol. The first-order chi connectivity index (χ1) is 10.2. The Morgan fingerprint density at radius 2 is 2.38 bits per heavy atom. The zero-order valence-corrected chi connectivity index (χ0v) is 11.7. The molecule has 0 saturated heterocycles. The molecule has 1 amide bonds. The minimum Gasteiger partial charge on any atom is -0.497 e. The second kappa shape index (κ2) is 7.30. The maximum atomic E-state index is 11.8. The molecule has 0 unspecified atom stereocenters. The molecule has 0 aromatic heterocycles. The Balaban J connectivity index is 1.88. The lowest BCUT2D eigenvalue weighted by Crippen LogP contribution is -2.34. The Hall–Kier alpha value is -2.54. The van der Waals surface area contributed by atoms with Gasteiger partial charge in [0.1, 0.15) is 5.75 Å². The van der Waals surface area contributed by atoms with E-state index >= 15 is 0 Å². The second-order valence-corrected chi connectivity index (χ2v) is 4.41. The molecule has 0 radical (unpaired) electrons. The van der Waals surface area contributed by atoms with Crippen LogP contribution in [0.25, 0.3) is 0 Å². The fourth-order valence-corrected chi connectivity index (χ4v) is 1.95. The van der Waals surface area contributed by atoms with Crippen molar-refractivity contribution >= 4 is 18.0 Å². The third-order valence-electron chi connectivity index (χ3n) is 2.90. The van der Waals surface area contributed by atoms with Gasteiger partial charge in [-0.2, -0.15) is 0 Å². The van der Waals surface area contributed by atoms with E-state index in [0.29, 0.717) is 30.9 Å². The minimum atomic E-state index is -0.578. The van der Waals surface area contributed by atoms with E-state index in [1.54, 1.807) is 31.4 Å². The summed E-state index contributed by atoms with van der Waals surface area (Å²) in [6, 6.07) is 6.99. The van der Waals surface area contributed by atoms with Gasteiger partial charge in [0, 0.05) is 18.3 Å². The van der Waals surface area contributed by atoms with Crippen LogP contribution in [-0.2, 0) is 4.84 Å². The van der Waals surface area contributed by atoms with Gasteiger partial charge < -0.3 is 14.8 Å². The van der Waals surface area contributed by atoms with Gasteiger partial charge >= 0.3 is 6.09 Å². The number of carbonyl (C=O) groups excluding carboxylic acids is 1. The number of nitrogens with one attached hydrogen (secondary N) is 1. The van der Waals surface area contributed by atoms with E-state index in [2.05, 4.69) is 10.5 Å². The number of methoxy groups -OCH3 is 1. The molecule has 2 rings (SSSR count). The topological polar surface area (TPSA) is 83.4 Å². The minimum absolute atomic E-state index is 0.385. The van der Waals surface area contributed by atoms with Crippen molar-refractivity contribution in [2.75, 3.05) is 25.5 Å². The van der Waals surface area contributed by atoms with Crippen LogP contribution in [0, 0.1) is 0 Å². The van der Waals surface area contributed by atoms with Crippen molar-refractivity contribution in [3.63, 3.8) is 0 Å². The highest BCUT2D eigenvalue weighted by atomic mass is 16.7. The first kappa shape index (κ1) is 14.9. The number of ether oxygens (including phenoxy) is 1. The monoisotopic (exact) mass is 291 g/mol. The van der Waals surface area contributed by atoms with Crippen LogP contribution >= 0.6 is 0 Å². The highest BCUT2D eigenvalue weighted by Crippen LogP contribution is 2.17. The van der Waals surface area contributed by atoms with Gasteiger partial charge in [-0.15, -0.1) is 5.06 Å². The number of oxime groups is 1. The molecule has 1 aliphatic rings. The molecule has 1 heterocycles. The van der Waals surface area contributed by atoms with Crippen molar-refractivity contribution in [2.24, 2.45) is 5.16 Å². The van der Waals surface area contributed by atoms with Crippen LogP contribution in [0.1, 0.15) is 6.42 Å². The Bertz CT molecular complexity index is 557. The summed E-state index contributed by atoms with van der Waals surface area (Å²) in [5.41, 5.74) is 1.38. The van der Waals surface area contributed by atoms with E-state index in [-0.39, 0.29) is 0 Å². The van der Waals surface area contributed by atoms with Gasteiger partial charge in [0.05, 0.1) is 19.9 Å². The van der Waals surface area contributed by atoms with Crippen molar-refractivity contribution < 1.29 is 19.6 Å². The van der Waals surface area contributed by atoms with Gasteiger partial charge in [-0.25, -0.2) is 4.79 Å². The molecule has 0 atom stereocenters. The molecule has 112 valence electrons. The molecule has 0 aliphatic carbocycles. The summed E-state index contributed by atoms with van der Waals surface area (Å²) in [7, 11) is 1.56. The number of hydrogen-bond acceptors (Lipinski definition) is 6. The molecule has 0 bridgehead atoms. The lowest BCUT2D eigenvalue weighted by Gasteiger charge is -2.24. The first-order valence-electron chi connectivity index (χ1n) is 6.45. The van der Waals surface area contributed by atoms with Gasteiger partial charge in [-0.1, -0.05) is 17.3 Å². The zero-order chi connectivity index (χ0) is 15.1. The maximum absolute atomic E-state index is 11.8. The fourth-order valence-electron chi connectivity index (χ4n) is 1.95. The molecule has 1 aromatic carbocycles. The summed E-state index contributed by atoms with van der Waals surface area (Å²) in [4.78, 5) is 17.0. The average molecular weight is 291 g/mol. The van der Waals surface area contributed by atoms with E-state index in [4.69, 9.17) is 14.8 Å². The van der Waals surface area contributed by atoms with Crippen molar-refractivity contribution in [1.82, 2.24) is 5.06 Å². The number of nitrogens with zero attached hydrogens (tertiary/aromatic N) is 2. The number of amides is 1. The van der Waals surface area contributed by atoms with Gasteiger partial charge in [0.25, 0.3) is 0 Å². The van der Waals surface area contributed by atoms with E-state index in [0.717, 1.165) is 5.57 Å². The molecule has 1 aliphatic heterocycles. The SMILES string of the molecule is COc1cccc(NC(=O)ON2CCC=C(C=NO)C2)c1. The van der Waals surface area contributed by atoms with Crippen LogP contribution in [0.2, 0.25) is 0 Å². The Labute approximate surface area is 122 Å². The summed E-state index contributed by atoms with van der Waals surface area (Å²) >= 11 is 0.